The Morgan fingerprint density at radius 2 is 1.94 bits per heavy atom. The van der Waals surface area contributed by atoms with Crippen molar-refractivity contribution in [3.05, 3.63) is 64.4 Å². The lowest BCUT2D eigenvalue weighted by Gasteiger charge is -2.06. The minimum Gasteiger partial charge on any atom is -0.392 e. The highest BCUT2D eigenvalue weighted by molar-refractivity contribution is 7.98. The van der Waals surface area contributed by atoms with E-state index in [0.717, 1.165) is 10.5 Å². The van der Waals surface area contributed by atoms with Crippen LogP contribution in [-0.4, -0.2) is 5.11 Å². The molecule has 0 unspecified atom stereocenters. The maximum atomic E-state index is 13.6. The van der Waals surface area contributed by atoms with Gasteiger partial charge in [0.25, 0.3) is 0 Å². The van der Waals surface area contributed by atoms with Gasteiger partial charge >= 0.3 is 0 Å². The third kappa shape index (κ3) is 3.25. The second-order valence-electron chi connectivity index (χ2n) is 3.79. The second-order valence-corrected chi connectivity index (χ2v) is 5.25. The smallest absolute Gasteiger partial charge is 0.128 e. The molecule has 0 aromatic heterocycles. The molecule has 0 radical (unpaired) electrons. The predicted molar refractivity (Wildman–Crippen MR) is 73.3 cm³/mol. The lowest BCUT2D eigenvalue weighted by molar-refractivity contribution is 0.281. The van der Waals surface area contributed by atoms with Gasteiger partial charge in [-0.3, -0.25) is 0 Å². The molecule has 94 valence electrons. The van der Waals surface area contributed by atoms with Crippen molar-refractivity contribution in [2.24, 2.45) is 0 Å². The fourth-order valence-corrected chi connectivity index (χ4v) is 2.88. The molecule has 2 aromatic rings. The molecule has 0 heterocycles. The first-order valence-corrected chi connectivity index (χ1v) is 6.82. The number of hydrogen-bond acceptors (Lipinski definition) is 2. The van der Waals surface area contributed by atoms with Crippen LogP contribution < -0.4 is 0 Å². The van der Waals surface area contributed by atoms with Gasteiger partial charge in [0.1, 0.15) is 5.82 Å². The minimum atomic E-state index is -0.284. The molecule has 2 aromatic carbocycles. The maximum Gasteiger partial charge on any atom is 0.128 e. The molecule has 0 aliphatic heterocycles. The van der Waals surface area contributed by atoms with E-state index in [2.05, 4.69) is 0 Å². The van der Waals surface area contributed by atoms with Crippen molar-refractivity contribution in [2.45, 2.75) is 17.3 Å². The van der Waals surface area contributed by atoms with Crippen molar-refractivity contribution < 1.29 is 9.50 Å². The van der Waals surface area contributed by atoms with Crippen LogP contribution in [0, 0.1) is 5.82 Å². The van der Waals surface area contributed by atoms with Crippen LogP contribution in [0.15, 0.2) is 47.4 Å². The van der Waals surface area contributed by atoms with E-state index in [1.54, 1.807) is 12.1 Å². The van der Waals surface area contributed by atoms with Crippen molar-refractivity contribution in [3.8, 4) is 0 Å². The van der Waals surface area contributed by atoms with Gasteiger partial charge in [-0.25, -0.2) is 4.39 Å². The van der Waals surface area contributed by atoms with Gasteiger partial charge in [0, 0.05) is 21.2 Å². The summed E-state index contributed by atoms with van der Waals surface area (Å²) in [7, 11) is 0. The van der Waals surface area contributed by atoms with Crippen LogP contribution in [0.3, 0.4) is 0 Å². The lowest BCUT2D eigenvalue weighted by atomic mass is 10.2. The van der Waals surface area contributed by atoms with Crippen LogP contribution in [0.25, 0.3) is 0 Å². The molecule has 18 heavy (non-hydrogen) atoms. The predicted octanol–water partition coefficient (Wildman–Crippen LogP) is 4.26. The summed E-state index contributed by atoms with van der Waals surface area (Å²) in [5.74, 6) is 0.189. The van der Waals surface area contributed by atoms with Gasteiger partial charge in [-0.2, -0.15) is 0 Å². The number of benzene rings is 2. The highest BCUT2D eigenvalue weighted by atomic mass is 35.5. The average Bonchev–Trinajstić information content (AvgIpc) is 2.38. The van der Waals surface area contributed by atoms with Crippen LogP contribution in [-0.2, 0) is 12.4 Å². The quantitative estimate of drug-likeness (QED) is 0.846. The SMILES string of the molecule is OCc1cccc(SCc2c(F)cccc2Cl)c1. The normalized spacial score (nSPS) is 10.6. The zero-order chi connectivity index (χ0) is 13.0. The molecule has 1 N–H and O–H groups in total. The summed E-state index contributed by atoms with van der Waals surface area (Å²) in [5, 5.41) is 9.49. The van der Waals surface area contributed by atoms with E-state index in [0.29, 0.717) is 16.3 Å². The number of hydrogen-bond donors (Lipinski definition) is 1. The van der Waals surface area contributed by atoms with Gasteiger partial charge in [0.15, 0.2) is 0 Å². The average molecular weight is 283 g/mol. The van der Waals surface area contributed by atoms with E-state index >= 15 is 0 Å². The molecule has 0 atom stereocenters. The van der Waals surface area contributed by atoms with Gasteiger partial charge in [-0.05, 0) is 29.8 Å². The van der Waals surface area contributed by atoms with Gasteiger partial charge < -0.3 is 5.11 Å². The van der Waals surface area contributed by atoms with Gasteiger partial charge in [0.2, 0.25) is 0 Å². The molecule has 0 aliphatic rings. The largest absolute Gasteiger partial charge is 0.392 e. The third-order valence-corrected chi connectivity index (χ3v) is 3.90. The lowest BCUT2D eigenvalue weighted by Crippen LogP contribution is -1.89. The van der Waals surface area contributed by atoms with E-state index < -0.39 is 0 Å². The summed E-state index contributed by atoms with van der Waals surface area (Å²) in [4.78, 5) is 0.987. The molecule has 0 bridgehead atoms. The number of aliphatic hydroxyl groups is 1. The molecule has 2 rings (SSSR count). The molecule has 0 fully saturated rings. The molecule has 4 heteroatoms. The van der Waals surface area contributed by atoms with E-state index in [9.17, 15) is 4.39 Å². The van der Waals surface area contributed by atoms with Crippen molar-refractivity contribution in [2.75, 3.05) is 0 Å². The number of halogens is 2. The van der Waals surface area contributed by atoms with Gasteiger partial charge in [-0.1, -0.05) is 29.8 Å². The van der Waals surface area contributed by atoms with Crippen LogP contribution in [0.5, 0.6) is 0 Å². The first-order chi connectivity index (χ1) is 8.70. The van der Waals surface area contributed by atoms with Crippen molar-refractivity contribution in [3.63, 3.8) is 0 Å². The summed E-state index contributed by atoms with van der Waals surface area (Å²) >= 11 is 7.46. The number of aliphatic hydroxyl groups excluding tert-OH is 1. The van der Waals surface area contributed by atoms with Gasteiger partial charge in [-0.15, -0.1) is 11.8 Å². The topological polar surface area (TPSA) is 20.2 Å². The Labute approximate surface area is 115 Å². The maximum absolute atomic E-state index is 13.6. The van der Waals surface area contributed by atoms with Crippen LogP contribution in [0.4, 0.5) is 4.39 Å². The highest BCUT2D eigenvalue weighted by Gasteiger charge is 2.07. The molecule has 0 spiro atoms. The van der Waals surface area contributed by atoms with E-state index in [-0.39, 0.29) is 12.4 Å². The summed E-state index contributed by atoms with van der Waals surface area (Å²) in [6.07, 6.45) is 0. The monoisotopic (exact) mass is 282 g/mol. The standard InChI is InChI=1S/C14H12ClFOS/c15-13-5-2-6-14(16)12(13)9-18-11-4-1-3-10(7-11)8-17/h1-7,17H,8-9H2. The van der Waals surface area contributed by atoms with Crippen molar-refractivity contribution >= 4 is 23.4 Å². The summed E-state index contributed by atoms with van der Waals surface area (Å²) in [6.45, 7) is 0.00878. The first-order valence-electron chi connectivity index (χ1n) is 5.46. The minimum absolute atomic E-state index is 0.00878. The number of thioether (sulfide) groups is 1. The van der Waals surface area contributed by atoms with E-state index in [1.165, 1.54) is 17.8 Å². The van der Waals surface area contributed by atoms with Crippen molar-refractivity contribution in [1.29, 1.82) is 0 Å². The van der Waals surface area contributed by atoms with Crippen LogP contribution >= 0.6 is 23.4 Å². The number of rotatable bonds is 4. The summed E-state index contributed by atoms with van der Waals surface area (Å²) in [6, 6.07) is 12.2. The van der Waals surface area contributed by atoms with E-state index in [4.69, 9.17) is 16.7 Å². The Kier molecular flexibility index (Phi) is 4.64. The Morgan fingerprint density at radius 3 is 2.67 bits per heavy atom. The first kappa shape index (κ1) is 13.4. The van der Waals surface area contributed by atoms with E-state index in [1.807, 2.05) is 24.3 Å². The molecule has 0 saturated carbocycles. The van der Waals surface area contributed by atoms with Crippen LogP contribution in [0.1, 0.15) is 11.1 Å². The molecule has 0 aliphatic carbocycles. The molecule has 0 amide bonds. The zero-order valence-electron chi connectivity index (χ0n) is 9.57. The Hall–Kier alpha value is -1.03. The highest BCUT2D eigenvalue weighted by Crippen LogP contribution is 2.28. The fourth-order valence-electron chi connectivity index (χ4n) is 1.56. The summed E-state index contributed by atoms with van der Waals surface area (Å²) in [5.41, 5.74) is 1.36. The second kappa shape index (κ2) is 6.23. The van der Waals surface area contributed by atoms with Gasteiger partial charge in [0.05, 0.1) is 6.61 Å². The third-order valence-electron chi connectivity index (χ3n) is 2.53. The molecular formula is C14H12ClFOS. The Morgan fingerprint density at radius 1 is 1.17 bits per heavy atom. The van der Waals surface area contributed by atoms with Crippen LogP contribution in [0.2, 0.25) is 5.02 Å². The molecule has 0 saturated heterocycles. The fraction of sp³-hybridized carbons (Fsp3) is 0.143. The molecule has 1 nitrogen and oxygen atoms in total. The zero-order valence-corrected chi connectivity index (χ0v) is 11.1. The summed E-state index contributed by atoms with van der Waals surface area (Å²) < 4.78 is 13.6. The molecular weight excluding hydrogens is 271 g/mol. The Bertz CT molecular complexity index is 525. The van der Waals surface area contributed by atoms with Crippen molar-refractivity contribution in [1.82, 2.24) is 0 Å². The Balaban J connectivity index is 2.11.